The van der Waals surface area contributed by atoms with Crippen LogP contribution >= 0.6 is 0 Å². The maximum Gasteiger partial charge on any atom is 0.335 e. The molecule has 0 unspecified atom stereocenters. The third-order valence-corrected chi connectivity index (χ3v) is 2.52. The van der Waals surface area contributed by atoms with Crippen molar-refractivity contribution in [3.8, 4) is 11.6 Å². The van der Waals surface area contributed by atoms with Gasteiger partial charge in [-0.3, -0.25) is 4.79 Å². The van der Waals surface area contributed by atoms with Gasteiger partial charge in [0.1, 0.15) is 5.75 Å². The van der Waals surface area contributed by atoms with Crippen molar-refractivity contribution in [3.05, 3.63) is 53.2 Å². The molecular formula is C14H12N2O4. The van der Waals surface area contributed by atoms with E-state index in [4.69, 9.17) is 15.6 Å². The van der Waals surface area contributed by atoms with E-state index in [9.17, 15) is 9.59 Å². The number of pyridine rings is 1. The summed E-state index contributed by atoms with van der Waals surface area (Å²) in [6.07, 6.45) is 0. The standard InChI is InChI=1S/C14H12N2O4/c1-8-5-10(14(18)19)7-12(16-8)20-11-4-2-3-9(6-11)13(15)17/h2-7H,1H3,(H2,15,17)(H,18,19). The van der Waals surface area contributed by atoms with Gasteiger partial charge in [-0.1, -0.05) is 6.07 Å². The van der Waals surface area contributed by atoms with Crippen molar-refractivity contribution < 1.29 is 19.4 Å². The lowest BCUT2D eigenvalue weighted by Crippen LogP contribution is -2.10. The van der Waals surface area contributed by atoms with E-state index in [1.165, 1.54) is 18.2 Å². The van der Waals surface area contributed by atoms with Crippen LogP contribution in [0.15, 0.2) is 36.4 Å². The summed E-state index contributed by atoms with van der Waals surface area (Å²) in [7, 11) is 0. The summed E-state index contributed by atoms with van der Waals surface area (Å²) in [5.74, 6) is -1.13. The van der Waals surface area contributed by atoms with Crippen LogP contribution in [0.1, 0.15) is 26.4 Å². The molecule has 3 N–H and O–H groups in total. The number of carboxylic acid groups (broad SMARTS) is 1. The molecule has 2 aromatic rings. The quantitative estimate of drug-likeness (QED) is 0.885. The molecule has 102 valence electrons. The maximum absolute atomic E-state index is 11.1. The number of hydrogen-bond acceptors (Lipinski definition) is 4. The van der Waals surface area contributed by atoms with E-state index in [1.54, 1.807) is 25.1 Å². The number of rotatable bonds is 4. The molecule has 1 aromatic carbocycles. The normalized spacial score (nSPS) is 10.1. The molecule has 0 saturated heterocycles. The number of hydrogen-bond donors (Lipinski definition) is 2. The van der Waals surface area contributed by atoms with Gasteiger partial charge in [0, 0.05) is 17.3 Å². The fraction of sp³-hybridized carbons (Fsp3) is 0.0714. The van der Waals surface area contributed by atoms with Crippen LogP contribution in [0, 0.1) is 6.92 Å². The first kappa shape index (κ1) is 13.5. The third kappa shape index (κ3) is 3.11. The zero-order valence-corrected chi connectivity index (χ0v) is 10.7. The molecule has 1 heterocycles. The average Bonchev–Trinajstić information content (AvgIpc) is 2.38. The number of primary amides is 1. The van der Waals surface area contributed by atoms with Gasteiger partial charge in [0.05, 0.1) is 5.56 Å². The number of aromatic carboxylic acids is 1. The summed E-state index contributed by atoms with van der Waals surface area (Å²) in [5.41, 5.74) is 6.08. The topological polar surface area (TPSA) is 103 Å². The number of aryl methyl sites for hydroxylation is 1. The van der Waals surface area contributed by atoms with E-state index in [0.29, 0.717) is 17.0 Å². The lowest BCUT2D eigenvalue weighted by molar-refractivity contribution is 0.0696. The van der Waals surface area contributed by atoms with Gasteiger partial charge >= 0.3 is 5.97 Å². The number of benzene rings is 1. The highest BCUT2D eigenvalue weighted by Gasteiger charge is 2.09. The van der Waals surface area contributed by atoms with Crippen LogP contribution in [-0.4, -0.2) is 22.0 Å². The second-order valence-electron chi connectivity index (χ2n) is 4.13. The first-order valence-corrected chi connectivity index (χ1v) is 5.75. The van der Waals surface area contributed by atoms with Crippen molar-refractivity contribution in [1.82, 2.24) is 4.98 Å². The van der Waals surface area contributed by atoms with Crippen LogP contribution < -0.4 is 10.5 Å². The maximum atomic E-state index is 11.1. The second kappa shape index (κ2) is 5.40. The van der Waals surface area contributed by atoms with Gasteiger partial charge in [-0.15, -0.1) is 0 Å². The van der Waals surface area contributed by atoms with Crippen molar-refractivity contribution >= 4 is 11.9 Å². The van der Waals surface area contributed by atoms with Gasteiger partial charge in [0.25, 0.3) is 0 Å². The Hall–Kier alpha value is -2.89. The molecule has 20 heavy (non-hydrogen) atoms. The molecule has 6 heteroatoms. The minimum Gasteiger partial charge on any atom is -0.478 e. The molecule has 2 rings (SSSR count). The molecule has 0 saturated carbocycles. The van der Waals surface area contributed by atoms with Crippen LogP contribution in [0.5, 0.6) is 11.6 Å². The SMILES string of the molecule is Cc1cc(C(=O)O)cc(Oc2cccc(C(N)=O)c2)n1. The molecule has 0 radical (unpaired) electrons. The van der Waals surface area contributed by atoms with Gasteiger partial charge in [0.2, 0.25) is 11.8 Å². The van der Waals surface area contributed by atoms with Crippen molar-refractivity contribution in [2.75, 3.05) is 0 Å². The van der Waals surface area contributed by atoms with Crippen molar-refractivity contribution in [3.63, 3.8) is 0 Å². The zero-order valence-electron chi connectivity index (χ0n) is 10.7. The Labute approximate surface area is 114 Å². The molecular weight excluding hydrogens is 260 g/mol. The molecule has 0 aliphatic carbocycles. The Morgan fingerprint density at radius 1 is 1.20 bits per heavy atom. The van der Waals surface area contributed by atoms with Crippen LogP contribution in [0.2, 0.25) is 0 Å². The first-order valence-electron chi connectivity index (χ1n) is 5.75. The summed E-state index contributed by atoms with van der Waals surface area (Å²) in [6, 6.07) is 9.01. The molecule has 0 aliphatic rings. The van der Waals surface area contributed by atoms with E-state index < -0.39 is 11.9 Å². The number of carboxylic acids is 1. The number of ether oxygens (including phenoxy) is 1. The fourth-order valence-corrected chi connectivity index (χ4v) is 1.65. The summed E-state index contributed by atoms with van der Waals surface area (Å²) in [4.78, 5) is 26.1. The number of carbonyl (C=O) groups excluding carboxylic acids is 1. The third-order valence-electron chi connectivity index (χ3n) is 2.52. The lowest BCUT2D eigenvalue weighted by atomic mass is 10.2. The molecule has 1 aromatic heterocycles. The van der Waals surface area contributed by atoms with Gasteiger partial charge < -0.3 is 15.6 Å². The summed E-state index contributed by atoms with van der Waals surface area (Å²) >= 11 is 0. The highest BCUT2D eigenvalue weighted by molar-refractivity contribution is 5.93. The van der Waals surface area contributed by atoms with Crippen molar-refractivity contribution in [1.29, 1.82) is 0 Å². The monoisotopic (exact) mass is 272 g/mol. The second-order valence-corrected chi connectivity index (χ2v) is 4.13. The largest absolute Gasteiger partial charge is 0.478 e. The summed E-state index contributed by atoms with van der Waals surface area (Å²) < 4.78 is 5.46. The van der Waals surface area contributed by atoms with Crippen LogP contribution in [0.25, 0.3) is 0 Å². The molecule has 0 spiro atoms. The number of carbonyl (C=O) groups is 2. The highest BCUT2D eigenvalue weighted by atomic mass is 16.5. The van der Waals surface area contributed by atoms with Crippen molar-refractivity contribution in [2.45, 2.75) is 6.92 Å². The minimum atomic E-state index is -1.06. The predicted molar refractivity (Wildman–Crippen MR) is 71.0 cm³/mol. The summed E-state index contributed by atoms with van der Waals surface area (Å²) in [6.45, 7) is 1.67. The Kier molecular flexibility index (Phi) is 3.65. The Morgan fingerprint density at radius 2 is 1.95 bits per heavy atom. The fourth-order valence-electron chi connectivity index (χ4n) is 1.65. The Bertz CT molecular complexity index is 683. The van der Waals surface area contributed by atoms with Gasteiger partial charge in [-0.05, 0) is 31.2 Å². The van der Waals surface area contributed by atoms with E-state index in [-0.39, 0.29) is 11.4 Å². The minimum absolute atomic E-state index is 0.0820. The molecule has 0 bridgehead atoms. The first-order chi connectivity index (χ1) is 9.45. The molecule has 6 nitrogen and oxygen atoms in total. The number of nitrogens with two attached hydrogens (primary N) is 1. The van der Waals surface area contributed by atoms with Crippen LogP contribution in [-0.2, 0) is 0 Å². The van der Waals surface area contributed by atoms with Gasteiger partial charge in [0.15, 0.2) is 0 Å². The van der Waals surface area contributed by atoms with E-state index >= 15 is 0 Å². The number of aromatic nitrogens is 1. The number of amides is 1. The van der Waals surface area contributed by atoms with E-state index in [2.05, 4.69) is 4.98 Å². The summed E-state index contributed by atoms with van der Waals surface area (Å²) in [5, 5.41) is 8.97. The van der Waals surface area contributed by atoms with E-state index in [0.717, 1.165) is 0 Å². The van der Waals surface area contributed by atoms with Crippen LogP contribution in [0.4, 0.5) is 0 Å². The predicted octanol–water partition coefficient (Wildman–Crippen LogP) is 1.98. The average molecular weight is 272 g/mol. The van der Waals surface area contributed by atoms with Crippen molar-refractivity contribution in [2.24, 2.45) is 5.73 Å². The van der Waals surface area contributed by atoms with Gasteiger partial charge in [-0.2, -0.15) is 0 Å². The van der Waals surface area contributed by atoms with Crippen LogP contribution in [0.3, 0.4) is 0 Å². The molecule has 0 atom stereocenters. The lowest BCUT2D eigenvalue weighted by Gasteiger charge is -2.07. The smallest absolute Gasteiger partial charge is 0.335 e. The molecule has 0 aliphatic heterocycles. The Morgan fingerprint density at radius 3 is 2.60 bits per heavy atom. The zero-order chi connectivity index (χ0) is 14.7. The van der Waals surface area contributed by atoms with E-state index in [1.807, 2.05) is 0 Å². The molecule has 0 fully saturated rings. The highest BCUT2D eigenvalue weighted by Crippen LogP contribution is 2.22. The molecule has 1 amide bonds. The number of nitrogens with zero attached hydrogens (tertiary/aromatic N) is 1. The Balaban J connectivity index is 2.32. The van der Waals surface area contributed by atoms with Gasteiger partial charge in [-0.25, -0.2) is 9.78 Å².